The molecule has 0 atom stereocenters. The third-order valence-corrected chi connectivity index (χ3v) is 2.10. The van der Waals surface area contributed by atoms with Crippen LogP contribution < -0.4 is 11.1 Å². The minimum Gasteiger partial charge on any atom is -0.375 e. The van der Waals surface area contributed by atoms with Gasteiger partial charge in [0.1, 0.15) is 0 Å². The van der Waals surface area contributed by atoms with Crippen LogP contribution in [-0.2, 0) is 0 Å². The van der Waals surface area contributed by atoms with Gasteiger partial charge in [0.2, 0.25) is 0 Å². The van der Waals surface area contributed by atoms with Crippen LogP contribution in [0.2, 0.25) is 0 Å². The summed E-state index contributed by atoms with van der Waals surface area (Å²) in [7, 11) is 1.90. The van der Waals surface area contributed by atoms with Crippen LogP contribution in [0.5, 0.6) is 0 Å². The number of nitrogens with two attached hydrogens (primary N) is 1. The lowest BCUT2D eigenvalue weighted by Crippen LogP contribution is -2.54. The molecule has 64 valence electrons. The number of hydrogen-bond acceptors (Lipinski definition) is 3. The highest BCUT2D eigenvalue weighted by Gasteiger charge is 2.14. The molecule has 1 saturated heterocycles. The fourth-order valence-corrected chi connectivity index (χ4v) is 1.21. The Labute approximate surface area is 72.3 Å². The number of rotatable bonds is 1. The number of nitrogens with one attached hydrogen (secondary N) is 1. The summed E-state index contributed by atoms with van der Waals surface area (Å²) in [4.78, 5) is 0. The highest BCUT2D eigenvalue weighted by Crippen LogP contribution is 1.96. The van der Waals surface area contributed by atoms with Crippen molar-refractivity contribution in [2.24, 2.45) is 5.73 Å². The van der Waals surface area contributed by atoms with E-state index in [2.05, 4.69) is 10.3 Å². The Bertz CT molecular complexity index is 144. The molecule has 0 saturated carbocycles. The van der Waals surface area contributed by atoms with E-state index in [-0.39, 0.29) is 0 Å². The molecule has 0 unspecified atom stereocenters. The molecular weight excluding hydrogens is 160 g/mol. The topological polar surface area (TPSA) is 44.5 Å². The van der Waals surface area contributed by atoms with E-state index in [0.717, 1.165) is 26.2 Å². The minimum atomic E-state index is 0.437. The Morgan fingerprint density at radius 1 is 1.55 bits per heavy atom. The first-order chi connectivity index (χ1) is 5.22. The summed E-state index contributed by atoms with van der Waals surface area (Å²) in [5.41, 5.74) is 5.46. The normalized spacial score (nSPS) is 19.7. The molecule has 1 heterocycles. The van der Waals surface area contributed by atoms with Crippen LogP contribution in [0.1, 0.15) is 0 Å². The zero-order valence-corrected chi connectivity index (χ0v) is 7.52. The lowest BCUT2D eigenvalue weighted by Gasteiger charge is -2.35. The predicted octanol–water partition coefficient (Wildman–Crippen LogP) is -1.02. The first-order valence-electron chi connectivity index (χ1n) is 3.70. The Balaban J connectivity index is 2.38. The number of piperazine rings is 1. The number of thiocarbonyl (C=S) groups is 1. The smallest absolute Gasteiger partial charge is 0.180 e. The maximum Gasteiger partial charge on any atom is 0.180 e. The summed E-state index contributed by atoms with van der Waals surface area (Å²) >= 11 is 4.84. The monoisotopic (exact) mass is 174 g/mol. The molecule has 1 aliphatic heterocycles. The van der Waals surface area contributed by atoms with Crippen LogP contribution in [0.15, 0.2) is 0 Å². The van der Waals surface area contributed by atoms with E-state index in [1.165, 1.54) is 0 Å². The molecule has 1 rings (SSSR count). The molecule has 0 bridgehead atoms. The van der Waals surface area contributed by atoms with Crippen molar-refractivity contribution < 1.29 is 0 Å². The Hall–Kier alpha value is -0.390. The molecule has 1 aliphatic rings. The first-order valence-corrected chi connectivity index (χ1v) is 4.11. The molecule has 0 aromatic rings. The zero-order chi connectivity index (χ0) is 8.27. The second-order valence-corrected chi connectivity index (χ2v) is 2.98. The molecule has 0 aromatic carbocycles. The maximum atomic E-state index is 5.46. The van der Waals surface area contributed by atoms with Gasteiger partial charge in [-0.2, -0.15) is 0 Å². The van der Waals surface area contributed by atoms with Crippen molar-refractivity contribution in [2.75, 3.05) is 33.2 Å². The van der Waals surface area contributed by atoms with E-state index >= 15 is 0 Å². The van der Waals surface area contributed by atoms with Gasteiger partial charge in [0.25, 0.3) is 0 Å². The molecule has 5 heteroatoms. The average molecular weight is 174 g/mol. The van der Waals surface area contributed by atoms with E-state index < -0.39 is 0 Å². The van der Waals surface area contributed by atoms with E-state index in [0.29, 0.717) is 5.11 Å². The fraction of sp³-hybridized carbons (Fsp3) is 0.833. The van der Waals surface area contributed by atoms with Gasteiger partial charge in [-0.25, -0.2) is 5.01 Å². The van der Waals surface area contributed by atoms with Crippen LogP contribution in [0, 0.1) is 0 Å². The maximum absolute atomic E-state index is 5.46. The van der Waals surface area contributed by atoms with Crippen molar-refractivity contribution in [3.8, 4) is 0 Å². The summed E-state index contributed by atoms with van der Waals surface area (Å²) in [6, 6.07) is 0. The van der Waals surface area contributed by atoms with Gasteiger partial charge < -0.3 is 11.1 Å². The van der Waals surface area contributed by atoms with Gasteiger partial charge >= 0.3 is 0 Å². The van der Waals surface area contributed by atoms with Gasteiger partial charge in [-0.1, -0.05) is 0 Å². The number of hydrogen-bond donors (Lipinski definition) is 2. The molecule has 0 radical (unpaired) electrons. The summed E-state index contributed by atoms with van der Waals surface area (Å²) in [5.74, 6) is 0. The van der Waals surface area contributed by atoms with E-state index in [4.69, 9.17) is 18.0 Å². The Kier molecular flexibility index (Phi) is 3.04. The van der Waals surface area contributed by atoms with Crippen molar-refractivity contribution in [1.29, 1.82) is 0 Å². The van der Waals surface area contributed by atoms with Gasteiger partial charge in [0, 0.05) is 33.2 Å². The van der Waals surface area contributed by atoms with Gasteiger partial charge in [0.05, 0.1) is 0 Å². The largest absolute Gasteiger partial charge is 0.375 e. The van der Waals surface area contributed by atoms with Crippen molar-refractivity contribution in [1.82, 2.24) is 15.3 Å². The average Bonchev–Trinajstić information content (AvgIpc) is 2.05. The Morgan fingerprint density at radius 3 is 2.55 bits per heavy atom. The van der Waals surface area contributed by atoms with Crippen molar-refractivity contribution in [3.05, 3.63) is 0 Å². The van der Waals surface area contributed by atoms with E-state index in [9.17, 15) is 0 Å². The second-order valence-electron chi connectivity index (χ2n) is 2.57. The zero-order valence-electron chi connectivity index (χ0n) is 6.71. The van der Waals surface area contributed by atoms with Crippen LogP contribution in [-0.4, -0.2) is 48.4 Å². The molecular formula is C6H14N4S. The summed E-state index contributed by atoms with van der Waals surface area (Å²) in [6.45, 7) is 3.97. The van der Waals surface area contributed by atoms with Crippen LogP contribution in [0.4, 0.5) is 0 Å². The fourth-order valence-electron chi connectivity index (χ4n) is 1.09. The van der Waals surface area contributed by atoms with Crippen molar-refractivity contribution >= 4 is 17.3 Å². The van der Waals surface area contributed by atoms with Crippen molar-refractivity contribution in [3.63, 3.8) is 0 Å². The number of hydrazine groups is 1. The molecule has 0 aliphatic carbocycles. The van der Waals surface area contributed by atoms with Gasteiger partial charge in [-0.05, 0) is 12.2 Å². The van der Waals surface area contributed by atoms with Gasteiger partial charge in [-0.3, -0.25) is 5.01 Å². The van der Waals surface area contributed by atoms with E-state index in [1.54, 1.807) is 0 Å². The van der Waals surface area contributed by atoms with Gasteiger partial charge in [0.15, 0.2) is 5.11 Å². The van der Waals surface area contributed by atoms with Crippen LogP contribution in [0.25, 0.3) is 0 Å². The predicted molar refractivity (Wildman–Crippen MR) is 49.0 cm³/mol. The molecule has 0 spiro atoms. The highest BCUT2D eigenvalue weighted by molar-refractivity contribution is 7.80. The lowest BCUT2D eigenvalue weighted by atomic mass is 10.4. The molecule has 0 aromatic heterocycles. The van der Waals surface area contributed by atoms with Gasteiger partial charge in [-0.15, -0.1) is 0 Å². The highest BCUT2D eigenvalue weighted by atomic mass is 32.1. The summed E-state index contributed by atoms with van der Waals surface area (Å²) in [6.07, 6.45) is 0. The third kappa shape index (κ3) is 2.28. The third-order valence-electron chi connectivity index (χ3n) is 1.84. The molecule has 11 heavy (non-hydrogen) atoms. The van der Waals surface area contributed by atoms with Crippen molar-refractivity contribution in [2.45, 2.75) is 0 Å². The summed E-state index contributed by atoms with van der Waals surface area (Å²) < 4.78 is 0. The standard InChI is InChI=1S/C6H14N4S/c1-9(6(7)11)10-4-2-8-3-5-10/h8H,2-5H2,1H3,(H2,7,11). The molecule has 4 nitrogen and oxygen atoms in total. The quantitative estimate of drug-likeness (QED) is 0.498. The molecule has 1 fully saturated rings. The first kappa shape index (κ1) is 8.70. The lowest BCUT2D eigenvalue weighted by molar-refractivity contribution is 0.0569. The second kappa shape index (κ2) is 3.85. The molecule has 3 N–H and O–H groups in total. The SMILES string of the molecule is CN(C(N)=S)N1CCNCC1. The van der Waals surface area contributed by atoms with E-state index in [1.807, 2.05) is 12.1 Å². The van der Waals surface area contributed by atoms with Crippen LogP contribution >= 0.6 is 12.2 Å². The number of nitrogens with zero attached hydrogens (tertiary/aromatic N) is 2. The Morgan fingerprint density at radius 2 is 2.09 bits per heavy atom. The minimum absolute atomic E-state index is 0.437. The summed E-state index contributed by atoms with van der Waals surface area (Å²) in [5, 5.41) is 7.66. The molecule has 0 amide bonds. The van der Waals surface area contributed by atoms with Crippen LogP contribution in [0.3, 0.4) is 0 Å².